The highest BCUT2D eigenvalue weighted by Crippen LogP contribution is 2.15. The van der Waals surface area contributed by atoms with Crippen LogP contribution in [0, 0.1) is 0 Å². The van der Waals surface area contributed by atoms with Gasteiger partial charge in [-0.15, -0.1) is 0 Å². The quantitative estimate of drug-likeness (QED) is 0.762. The van der Waals surface area contributed by atoms with Gasteiger partial charge >= 0.3 is 0 Å². The third-order valence-corrected chi connectivity index (χ3v) is 2.75. The first kappa shape index (κ1) is 14.2. The lowest BCUT2D eigenvalue weighted by atomic mass is 10.2. The molecule has 0 aliphatic carbocycles. The van der Waals surface area contributed by atoms with E-state index in [0.29, 0.717) is 11.4 Å². The van der Waals surface area contributed by atoms with E-state index >= 15 is 0 Å². The first-order valence-electron chi connectivity index (χ1n) is 6.04. The van der Waals surface area contributed by atoms with Crippen molar-refractivity contribution >= 4 is 5.91 Å². The number of carbonyl (C=O) groups is 1. The average molecular weight is 276 g/mol. The molecule has 0 atom stereocenters. The molecule has 106 valence electrons. The molecule has 2 aromatic heterocycles. The fraction of sp³-hybridized carbons (Fsp3) is 0.308. The first-order chi connectivity index (χ1) is 9.74. The van der Waals surface area contributed by atoms with E-state index in [1.807, 2.05) is 12.1 Å². The zero-order chi connectivity index (χ0) is 14.4. The van der Waals surface area contributed by atoms with Crippen LogP contribution in [-0.2, 0) is 9.47 Å². The largest absolute Gasteiger partial charge is 0.354 e. The van der Waals surface area contributed by atoms with E-state index in [0.717, 1.165) is 5.56 Å². The minimum atomic E-state index is -0.471. The number of aromatic nitrogens is 3. The predicted octanol–water partition coefficient (Wildman–Crippen LogP) is 0.820. The predicted molar refractivity (Wildman–Crippen MR) is 72.0 cm³/mol. The van der Waals surface area contributed by atoms with Crippen LogP contribution in [0.25, 0.3) is 11.3 Å². The van der Waals surface area contributed by atoms with Gasteiger partial charge in [0, 0.05) is 32.2 Å². The van der Waals surface area contributed by atoms with Crippen molar-refractivity contribution < 1.29 is 14.3 Å². The first-order valence-corrected chi connectivity index (χ1v) is 6.04. The topological polar surface area (TPSA) is 89.1 Å². The molecule has 2 N–H and O–H groups in total. The van der Waals surface area contributed by atoms with Crippen molar-refractivity contribution in [3.63, 3.8) is 0 Å². The molecular formula is C13H16N4O3. The van der Waals surface area contributed by atoms with E-state index < -0.39 is 6.29 Å². The van der Waals surface area contributed by atoms with Crippen molar-refractivity contribution in [3.05, 3.63) is 36.3 Å². The van der Waals surface area contributed by atoms with Gasteiger partial charge in [0.2, 0.25) is 0 Å². The fourth-order valence-corrected chi connectivity index (χ4v) is 1.64. The normalized spacial score (nSPS) is 10.8. The molecule has 0 bridgehead atoms. The highest BCUT2D eigenvalue weighted by molar-refractivity contribution is 5.93. The molecule has 7 heteroatoms. The summed E-state index contributed by atoms with van der Waals surface area (Å²) in [5.74, 6) is -0.267. The molecule has 2 heterocycles. The molecule has 0 saturated carbocycles. The van der Waals surface area contributed by atoms with Gasteiger partial charge in [0.05, 0.1) is 12.2 Å². The van der Waals surface area contributed by atoms with Gasteiger partial charge in [0.1, 0.15) is 5.69 Å². The van der Waals surface area contributed by atoms with E-state index in [1.54, 1.807) is 18.5 Å². The molecule has 2 rings (SSSR count). The smallest absolute Gasteiger partial charge is 0.269 e. The second-order valence-corrected chi connectivity index (χ2v) is 4.01. The summed E-state index contributed by atoms with van der Waals surface area (Å²) >= 11 is 0. The van der Waals surface area contributed by atoms with Crippen LogP contribution >= 0.6 is 0 Å². The van der Waals surface area contributed by atoms with Crippen LogP contribution in [0.3, 0.4) is 0 Å². The molecule has 0 aliphatic rings. The van der Waals surface area contributed by atoms with E-state index in [-0.39, 0.29) is 12.5 Å². The number of H-pyrrole nitrogens is 1. The average Bonchev–Trinajstić information content (AvgIpc) is 2.99. The Morgan fingerprint density at radius 3 is 2.70 bits per heavy atom. The number of pyridine rings is 1. The standard InChI is InChI=1S/C13H16N4O3/c1-19-12(20-2)8-15-13(18)11-7-10(16-17-11)9-3-5-14-6-4-9/h3-7,12H,8H2,1-2H3,(H,15,18)(H,16,17). The lowest BCUT2D eigenvalue weighted by Gasteiger charge is -2.13. The maximum Gasteiger partial charge on any atom is 0.269 e. The van der Waals surface area contributed by atoms with Gasteiger partial charge in [-0.3, -0.25) is 14.9 Å². The molecule has 1 amide bonds. The Morgan fingerprint density at radius 2 is 2.05 bits per heavy atom. The number of hydrogen-bond donors (Lipinski definition) is 2. The van der Waals surface area contributed by atoms with Crippen molar-refractivity contribution in [2.45, 2.75) is 6.29 Å². The molecule has 7 nitrogen and oxygen atoms in total. The number of rotatable bonds is 6. The van der Waals surface area contributed by atoms with Gasteiger partial charge in [0.25, 0.3) is 5.91 Å². The highest BCUT2D eigenvalue weighted by Gasteiger charge is 2.13. The van der Waals surface area contributed by atoms with Gasteiger partial charge in [0.15, 0.2) is 6.29 Å². The van der Waals surface area contributed by atoms with Crippen LogP contribution in [-0.4, -0.2) is 48.1 Å². The molecule has 0 spiro atoms. The number of aromatic amines is 1. The monoisotopic (exact) mass is 276 g/mol. The molecule has 0 aliphatic heterocycles. The molecule has 0 saturated heterocycles. The van der Waals surface area contributed by atoms with Crippen LogP contribution < -0.4 is 5.32 Å². The van der Waals surface area contributed by atoms with Crippen molar-refractivity contribution in [1.29, 1.82) is 0 Å². The zero-order valence-corrected chi connectivity index (χ0v) is 11.3. The summed E-state index contributed by atoms with van der Waals surface area (Å²) in [6.07, 6.45) is 2.87. The minimum absolute atomic E-state index is 0.259. The molecule has 20 heavy (non-hydrogen) atoms. The lowest BCUT2D eigenvalue weighted by molar-refractivity contribution is -0.0974. The second kappa shape index (κ2) is 6.78. The summed E-state index contributed by atoms with van der Waals surface area (Å²) in [6, 6.07) is 5.33. The highest BCUT2D eigenvalue weighted by atomic mass is 16.7. The molecule has 0 unspecified atom stereocenters. The third kappa shape index (κ3) is 3.40. The summed E-state index contributed by atoms with van der Waals surface area (Å²) in [7, 11) is 3.02. The number of ether oxygens (including phenoxy) is 2. The van der Waals surface area contributed by atoms with Crippen molar-refractivity contribution in [2.75, 3.05) is 20.8 Å². The Labute approximate surface area is 116 Å². The fourth-order valence-electron chi connectivity index (χ4n) is 1.64. The third-order valence-electron chi connectivity index (χ3n) is 2.75. The minimum Gasteiger partial charge on any atom is -0.354 e. The Balaban J connectivity index is 2.00. The van der Waals surface area contributed by atoms with E-state index in [1.165, 1.54) is 14.2 Å². The number of nitrogens with zero attached hydrogens (tertiary/aromatic N) is 2. The van der Waals surface area contributed by atoms with Crippen molar-refractivity contribution in [2.24, 2.45) is 0 Å². The van der Waals surface area contributed by atoms with Gasteiger partial charge in [-0.05, 0) is 18.2 Å². The van der Waals surface area contributed by atoms with Crippen LogP contribution in [0.2, 0.25) is 0 Å². The van der Waals surface area contributed by atoms with Crippen LogP contribution in [0.1, 0.15) is 10.5 Å². The summed E-state index contributed by atoms with van der Waals surface area (Å²) in [5.41, 5.74) is 1.96. The van der Waals surface area contributed by atoms with Gasteiger partial charge in [-0.25, -0.2) is 0 Å². The summed E-state index contributed by atoms with van der Waals surface area (Å²) in [6.45, 7) is 0.259. The maximum atomic E-state index is 11.9. The summed E-state index contributed by atoms with van der Waals surface area (Å²) in [4.78, 5) is 15.9. The van der Waals surface area contributed by atoms with Crippen LogP contribution in [0.15, 0.2) is 30.6 Å². The Morgan fingerprint density at radius 1 is 1.35 bits per heavy atom. The Hall–Kier alpha value is -2.25. The van der Waals surface area contributed by atoms with Gasteiger partial charge < -0.3 is 14.8 Å². The molecular weight excluding hydrogens is 260 g/mol. The van der Waals surface area contributed by atoms with Crippen molar-refractivity contribution in [3.8, 4) is 11.3 Å². The van der Waals surface area contributed by atoms with Gasteiger partial charge in [-0.1, -0.05) is 0 Å². The van der Waals surface area contributed by atoms with E-state index in [9.17, 15) is 4.79 Å². The van der Waals surface area contributed by atoms with E-state index in [2.05, 4.69) is 20.5 Å². The maximum absolute atomic E-state index is 11.9. The van der Waals surface area contributed by atoms with Crippen molar-refractivity contribution in [1.82, 2.24) is 20.5 Å². The number of methoxy groups -OCH3 is 2. The van der Waals surface area contributed by atoms with E-state index in [4.69, 9.17) is 9.47 Å². The summed E-state index contributed by atoms with van der Waals surface area (Å²) < 4.78 is 9.98. The van der Waals surface area contributed by atoms with Crippen LogP contribution in [0.4, 0.5) is 0 Å². The number of hydrogen-bond acceptors (Lipinski definition) is 5. The Kier molecular flexibility index (Phi) is 4.80. The Bertz CT molecular complexity index is 552. The molecule has 0 radical (unpaired) electrons. The lowest BCUT2D eigenvalue weighted by Crippen LogP contribution is -2.34. The van der Waals surface area contributed by atoms with Gasteiger partial charge in [-0.2, -0.15) is 5.10 Å². The molecule has 0 fully saturated rings. The molecule has 0 aromatic carbocycles. The summed E-state index contributed by atoms with van der Waals surface area (Å²) in [5, 5.41) is 9.49. The van der Waals surface area contributed by atoms with Crippen LogP contribution in [0.5, 0.6) is 0 Å². The zero-order valence-electron chi connectivity index (χ0n) is 11.3. The SMILES string of the molecule is COC(CNC(=O)c1cc(-c2ccncc2)n[nH]1)OC. The second-order valence-electron chi connectivity index (χ2n) is 4.01. The molecule has 2 aromatic rings. The number of amides is 1. The number of carbonyl (C=O) groups excluding carboxylic acids is 1. The number of nitrogens with one attached hydrogen (secondary N) is 2.